The van der Waals surface area contributed by atoms with Crippen LogP contribution in [0.3, 0.4) is 0 Å². The van der Waals surface area contributed by atoms with Crippen LogP contribution in [0.25, 0.3) is 0 Å². The molecule has 30 heavy (non-hydrogen) atoms. The highest BCUT2D eigenvalue weighted by Crippen LogP contribution is 2.67. The first kappa shape index (κ1) is 22.4. The Bertz CT molecular complexity index is 724. The van der Waals surface area contributed by atoms with Crippen molar-refractivity contribution in [1.29, 1.82) is 0 Å². The Kier molecular flexibility index (Phi) is 5.70. The van der Waals surface area contributed by atoms with E-state index in [1.165, 1.54) is 37.7 Å². The molecule has 4 rings (SSSR count). The maximum atomic E-state index is 13.3. The summed E-state index contributed by atoms with van der Waals surface area (Å²) in [5.41, 5.74) is 0.944. The molecule has 1 heterocycles. The lowest BCUT2D eigenvalue weighted by molar-refractivity contribution is -0.174. The van der Waals surface area contributed by atoms with Crippen molar-refractivity contribution in [3.05, 3.63) is 11.3 Å². The van der Waals surface area contributed by atoms with Crippen LogP contribution in [0.5, 0.6) is 0 Å². The lowest BCUT2D eigenvalue weighted by Gasteiger charge is -2.57. The molecule has 3 heteroatoms. The molecule has 170 valence electrons. The van der Waals surface area contributed by atoms with Crippen molar-refractivity contribution >= 4 is 5.97 Å². The summed E-state index contributed by atoms with van der Waals surface area (Å²) >= 11 is 0. The van der Waals surface area contributed by atoms with E-state index in [2.05, 4.69) is 34.6 Å². The average molecular weight is 417 g/mol. The lowest BCUT2D eigenvalue weighted by Crippen LogP contribution is -2.56. The Morgan fingerprint density at radius 3 is 2.47 bits per heavy atom. The summed E-state index contributed by atoms with van der Waals surface area (Å²) in [4.78, 5) is 13.3. The summed E-state index contributed by atoms with van der Waals surface area (Å²) in [5, 5.41) is 10.3. The van der Waals surface area contributed by atoms with Gasteiger partial charge in [-0.1, -0.05) is 53.9 Å². The highest BCUT2D eigenvalue weighted by atomic mass is 16.5. The third kappa shape index (κ3) is 3.21. The number of aliphatic hydroxyl groups excluding tert-OH is 1. The molecule has 0 spiro atoms. The fourth-order valence-corrected chi connectivity index (χ4v) is 7.98. The third-order valence-electron chi connectivity index (χ3n) is 10.2. The van der Waals surface area contributed by atoms with Gasteiger partial charge in [-0.3, -0.25) is 4.79 Å². The van der Waals surface area contributed by atoms with Gasteiger partial charge in [0.1, 0.15) is 5.76 Å². The average Bonchev–Trinajstić information content (AvgIpc) is 3.01. The third-order valence-corrected chi connectivity index (χ3v) is 10.2. The van der Waals surface area contributed by atoms with Crippen molar-refractivity contribution in [1.82, 2.24) is 0 Å². The first-order chi connectivity index (χ1) is 14.0. The fraction of sp³-hybridized carbons (Fsp3) is 0.889. The first-order valence-electron chi connectivity index (χ1n) is 12.7. The van der Waals surface area contributed by atoms with E-state index in [-0.39, 0.29) is 22.9 Å². The number of allylic oxidation sites excluding steroid dienone is 2. The predicted molar refractivity (Wildman–Crippen MR) is 121 cm³/mol. The zero-order valence-electron chi connectivity index (χ0n) is 20.2. The second kappa shape index (κ2) is 7.64. The number of fused-ring (bicyclic) bond motifs is 4. The van der Waals surface area contributed by atoms with Gasteiger partial charge in [0.15, 0.2) is 0 Å². The molecule has 1 aliphatic heterocycles. The lowest BCUT2D eigenvalue weighted by atomic mass is 9.49. The van der Waals surface area contributed by atoms with Crippen LogP contribution in [0.2, 0.25) is 0 Å². The number of hydrogen-bond acceptors (Lipinski definition) is 3. The van der Waals surface area contributed by atoms with Crippen LogP contribution in [0.4, 0.5) is 0 Å². The van der Waals surface area contributed by atoms with Crippen LogP contribution < -0.4 is 0 Å². The van der Waals surface area contributed by atoms with Gasteiger partial charge < -0.3 is 9.84 Å². The van der Waals surface area contributed by atoms with Crippen molar-refractivity contribution in [3.63, 3.8) is 0 Å². The molecular weight excluding hydrogens is 372 g/mol. The Balaban J connectivity index is 1.60. The molecule has 3 nitrogen and oxygen atoms in total. The Morgan fingerprint density at radius 2 is 1.77 bits per heavy atom. The molecule has 0 aromatic carbocycles. The largest absolute Gasteiger partial charge is 0.430 e. The number of hydrogen-bond donors (Lipinski definition) is 1. The summed E-state index contributed by atoms with van der Waals surface area (Å²) in [6.45, 7) is 13.9. The number of esters is 1. The van der Waals surface area contributed by atoms with Gasteiger partial charge in [-0.25, -0.2) is 0 Å². The highest BCUT2D eigenvalue weighted by Gasteiger charge is 2.63. The molecule has 0 saturated heterocycles. The summed E-state index contributed by atoms with van der Waals surface area (Å²) in [6.07, 6.45) is 10.6. The Labute approximate surface area is 184 Å². The van der Waals surface area contributed by atoms with Crippen LogP contribution in [0.1, 0.15) is 106 Å². The maximum absolute atomic E-state index is 13.3. The quantitative estimate of drug-likeness (QED) is 0.511. The van der Waals surface area contributed by atoms with Gasteiger partial charge >= 0.3 is 5.97 Å². The van der Waals surface area contributed by atoms with Crippen LogP contribution in [-0.2, 0) is 9.53 Å². The van der Waals surface area contributed by atoms with E-state index < -0.39 is 5.41 Å². The van der Waals surface area contributed by atoms with Gasteiger partial charge in [-0.05, 0) is 80.6 Å². The molecular formula is C27H44O3. The van der Waals surface area contributed by atoms with Gasteiger partial charge in [0, 0.05) is 11.3 Å². The van der Waals surface area contributed by atoms with Crippen molar-refractivity contribution in [3.8, 4) is 0 Å². The molecule has 3 aliphatic carbocycles. The van der Waals surface area contributed by atoms with E-state index in [4.69, 9.17) is 4.74 Å². The second-order valence-electron chi connectivity index (χ2n) is 12.3. The Hall–Kier alpha value is -0.830. The summed E-state index contributed by atoms with van der Waals surface area (Å²) in [7, 11) is 0. The molecule has 0 bridgehead atoms. The molecule has 1 N–H and O–H groups in total. The minimum absolute atomic E-state index is 0.0832. The molecule has 0 radical (unpaired) electrons. The van der Waals surface area contributed by atoms with E-state index in [1.807, 2.05) is 6.92 Å². The minimum atomic E-state index is -0.584. The maximum Gasteiger partial charge on any atom is 0.317 e. The SMILES string of the molecule is CC(C)CCC[C@@H](C)[C@H]1CC[C@H]2C3=C(CC[C@]12C)[C@@]1(C)CC[C@H](O)C[C@@]1(C)C(=O)O3. The van der Waals surface area contributed by atoms with Gasteiger partial charge in [0.25, 0.3) is 0 Å². The van der Waals surface area contributed by atoms with E-state index in [0.29, 0.717) is 12.3 Å². The molecule has 0 aromatic rings. The number of carbonyl (C=O) groups is 1. The van der Waals surface area contributed by atoms with E-state index in [0.717, 1.165) is 49.2 Å². The standard InChI is InChI=1S/C27H44O3/c1-17(2)8-7-9-18(3)20-10-11-21-23-22(13-14-25(20,21)4)26(5)15-12-19(28)16-27(26,6)24(29)30-23/h17-21,28H,7-16H2,1-6H3/t18-,19+,20-,21+,25-,26-,27+/m1/s1. The molecule has 2 fully saturated rings. The summed E-state index contributed by atoms with van der Waals surface area (Å²) < 4.78 is 6.23. The van der Waals surface area contributed by atoms with Crippen LogP contribution in [0, 0.1) is 39.9 Å². The fourth-order valence-electron chi connectivity index (χ4n) is 7.98. The zero-order chi connectivity index (χ0) is 21.9. The molecule has 0 amide bonds. The van der Waals surface area contributed by atoms with Gasteiger partial charge in [-0.15, -0.1) is 0 Å². The smallest absolute Gasteiger partial charge is 0.317 e. The normalized spacial score (nSPS) is 44.4. The van der Waals surface area contributed by atoms with Gasteiger partial charge in [-0.2, -0.15) is 0 Å². The zero-order valence-corrected chi connectivity index (χ0v) is 20.2. The number of carbonyl (C=O) groups excluding carboxylic acids is 1. The summed E-state index contributed by atoms with van der Waals surface area (Å²) in [6, 6.07) is 0. The molecule has 2 saturated carbocycles. The predicted octanol–water partition coefficient (Wildman–Crippen LogP) is 6.64. The van der Waals surface area contributed by atoms with E-state index >= 15 is 0 Å². The second-order valence-corrected chi connectivity index (χ2v) is 12.3. The number of aliphatic hydroxyl groups is 1. The number of ether oxygens (including phenoxy) is 1. The van der Waals surface area contributed by atoms with E-state index in [1.54, 1.807) is 0 Å². The number of rotatable bonds is 5. The van der Waals surface area contributed by atoms with Crippen molar-refractivity contribution < 1.29 is 14.6 Å². The van der Waals surface area contributed by atoms with Crippen LogP contribution in [0.15, 0.2) is 11.3 Å². The summed E-state index contributed by atoms with van der Waals surface area (Å²) in [5.74, 6) is 3.64. The molecule has 4 aliphatic rings. The molecule has 0 unspecified atom stereocenters. The van der Waals surface area contributed by atoms with Crippen molar-refractivity contribution in [2.45, 2.75) is 112 Å². The van der Waals surface area contributed by atoms with Gasteiger partial charge in [0.2, 0.25) is 0 Å². The van der Waals surface area contributed by atoms with Crippen molar-refractivity contribution in [2.24, 2.45) is 39.9 Å². The first-order valence-corrected chi connectivity index (χ1v) is 12.7. The topological polar surface area (TPSA) is 46.5 Å². The monoisotopic (exact) mass is 416 g/mol. The minimum Gasteiger partial charge on any atom is -0.430 e. The van der Waals surface area contributed by atoms with E-state index in [9.17, 15) is 9.90 Å². The van der Waals surface area contributed by atoms with Crippen LogP contribution >= 0.6 is 0 Å². The molecule has 7 atom stereocenters. The van der Waals surface area contributed by atoms with Crippen molar-refractivity contribution in [2.75, 3.05) is 0 Å². The van der Waals surface area contributed by atoms with Gasteiger partial charge in [0.05, 0.1) is 11.5 Å². The highest BCUT2D eigenvalue weighted by molar-refractivity contribution is 5.81. The van der Waals surface area contributed by atoms with Crippen LogP contribution in [-0.4, -0.2) is 17.2 Å². The molecule has 0 aromatic heterocycles. The Morgan fingerprint density at radius 1 is 1.03 bits per heavy atom.